The number of sulfone groups is 1. The van der Waals surface area contributed by atoms with Crippen molar-refractivity contribution in [1.29, 1.82) is 0 Å². The monoisotopic (exact) mass is 397 g/mol. The van der Waals surface area contributed by atoms with Gasteiger partial charge >= 0.3 is 0 Å². The van der Waals surface area contributed by atoms with Gasteiger partial charge in [0.2, 0.25) is 5.91 Å². The highest BCUT2D eigenvalue weighted by atomic mass is 32.2. The zero-order chi connectivity index (χ0) is 20.1. The molecule has 6 heteroatoms. The molecular weight excluding hydrogens is 374 g/mol. The van der Waals surface area contributed by atoms with Crippen LogP contribution in [0.3, 0.4) is 0 Å². The summed E-state index contributed by atoms with van der Waals surface area (Å²) >= 11 is 0. The molecular formula is C22H23NO4S. The molecule has 0 radical (unpaired) electrons. The minimum Gasteiger partial charge on any atom is -0.387 e. The van der Waals surface area contributed by atoms with Gasteiger partial charge in [0.25, 0.3) is 0 Å². The third kappa shape index (κ3) is 4.97. The molecule has 146 valence electrons. The van der Waals surface area contributed by atoms with Crippen LogP contribution in [0.25, 0.3) is 10.8 Å². The number of aryl methyl sites for hydroxylation is 1. The normalized spacial score (nSPS) is 12.6. The average molecular weight is 397 g/mol. The fraction of sp³-hybridized carbons (Fsp3) is 0.227. The Labute approximate surface area is 164 Å². The highest BCUT2D eigenvalue weighted by Crippen LogP contribution is 2.23. The molecule has 0 unspecified atom stereocenters. The molecule has 1 atom stereocenters. The Hall–Kier alpha value is -2.70. The number of fused-ring (bicyclic) bond motifs is 1. The van der Waals surface area contributed by atoms with Crippen molar-refractivity contribution < 1.29 is 18.3 Å². The number of amides is 1. The van der Waals surface area contributed by atoms with E-state index in [1.54, 1.807) is 24.3 Å². The zero-order valence-electron chi connectivity index (χ0n) is 15.6. The number of aliphatic hydroxyl groups excluding tert-OH is 1. The quantitative estimate of drug-likeness (QED) is 0.642. The third-order valence-corrected chi connectivity index (χ3v) is 5.80. The fourth-order valence-electron chi connectivity index (χ4n) is 3.11. The summed E-state index contributed by atoms with van der Waals surface area (Å²) in [6.07, 6.45) is 1.14. The van der Waals surface area contributed by atoms with E-state index in [0.717, 1.165) is 28.2 Å². The van der Waals surface area contributed by atoms with Crippen molar-refractivity contribution in [3.8, 4) is 0 Å². The van der Waals surface area contributed by atoms with Crippen molar-refractivity contribution in [2.24, 2.45) is 0 Å². The predicted molar refractivity (Wildman–Crippen MR) is 110 cm³/mol. The van der Waals surface area contributed by atoms with Gasteiger partial charge in [0, 0.05) is 19.2 Å². The van der Waals surface area contributed by atoms with Gasteiger partial charge in [-0.1, -0.05) is 54.6 Å². The van der Waals surface area contributed by atoms with Crippen LogP contribution >= 0.6 is 0 Å². The lowest BCUT2D eigenvalue weighted by Crippen LogP contribution is -2.28. The summed E-state index contributed by atoms with van der Waals surface area (Å²) in [4.78, 5) is 12.4. The largest absolute Gasteiger partial charge is 0.387 e. The molecule has 0 aliphatic carbocycles. The molecule has 28 heavy (non-hydrogen) atoms. The van der Waals surface area contributed by atoms with Gasteiger partial charge < -0.3 is 10.4 Å². The summed E-state index contributed by atoms with van der Waals surface area (Å²) < 4.78 is 22.9. The minimum absolute atomic E-state index is 0.139. The van der Waals surface area contributed by atoms with Crippen LogP contribution in [-0.2, 0) is 21.1 Å². The number of aliphatic hydroxyl groups is 1. The van der Waals surface area contributed by atoms with Gasteiger partial charge in [-0.3, -0.25) is 4.79 Å². The first-order valence-electron chi connectivity index (χ1n) is 9.06. The summed E-state index contributed by atoms with van der Waals surface area (Å²) in [5.41, 5.74) is 1.67. The van der Waals surface area contributed by atoms with Gasteiger partial charge in [0.15, 0.2) is 9.84 Å². The van der Waals surface area contributed by atoms with Crippen LogP contribution in [0.15, 0.2) is 71.6 Å². The smallest absolute Gasteiger partial charge is 0.220 e. The summed E-state index contributed by atoms with van der Waals surface area (Å²) in [5.74, 6) is -0.161. The molecule has 3 aromatic rings. The number of hydrogen-bond acceptors (Lipinski definition) is 4. The van der Waals surface area contributed by atoms with E-state index in [2.05, 4.69) is 5.32 Å². The van der Waals surface area contributed by atoms with Crippen molar-refractivity contribution in [3.05, 3.63) is 77.9 Å². The van der Waals surface area contributed by atoms with E-state index in [1.165, 1.54) is 0 Å². The molecule has 3 rings (SSSR count). The van der Waals surface area contributed by atoms with Crippen LogP contribution in [-0.4, -0.2) is 32.2 Å². The van der Waals surface area contributed by atoms with Crippen molar-refractivity contribution >= 4 is 26.5 Å². The molecule has 0 heterocycles. The van der Waals surface area contributed by atoms with Crippen molar-refractivity contribution in [1.82, 2.24) is 5.32 Å². The molecule has 0 bridgehead atoms. The molecule has 0 aliphatic heterocycles. The Morgan fingerprint density at radius 1 is 1.00 bits per heavy atom. The predicted octanol–water partition coefficient (Wildman–Crippen LogP) is 3.03. The number of benzene rings is 3. The van der Waals surface area contributed by atoms with E-state index < -0.39 is 15.9 Å². The first-order chi connectivity index (χ1) is 13.3. The molecule has 0 aromatic heterocycles. The lowest BCUT2D eigenvalue weighted by molar-refractivity contribution is -0.121. The first-order valence-corrected chi connectivity index (χ1v) is 10.9. The van der Waals surface area contributed by atoms with Crippen molar-refractivity contribution in [2.75, 3.05) is 12.8 Å². The van der Waals surface area contributed by atoms with E-state index in [-0.39, 0.29) is 23.8 Å². The maximum atomic E-state index is 12.1. The number of nitrogens with one attached hydrogen (secondary N) is 1. The lowest BCUT2D eigenvalue weighted by Gasteiger charge is -2.15. The van der Waals surface area contributed by atoms with Gasteiger partial charge in [-0.15, -0.1) is 0 Å². The maximum Gasteiger partial charge on any atom is 0.220 e. The lowest BCUT2D eigenvalue weighted by atomic mass is 10.0. The topological polar surface area (TPSA) is 83.5 Å². The fourth-order valence-corrected chi connectivity index (χ4v) is 3.74. The average Bonchev–Trinajstić information content (AvgIpc) is 2.69. The first kappa shape index (κ1) is 20.0. The number of carbonyl (C=O) groups is 1. The SMILES string of the molecule is CS(=O)(=O)c1ccc(CCC(=O)NC[C@H](O)c2cccc3ccccc23)cc1. The van der Waals surface area contributed by atoms with E-state index in [1.807, 2.05) is 42.5 Å². The summed E-state index contributed by atoms with van der Waals surface area (Å²) in [6.45, 7) is 0.139. The summed E-state index contributed by atoms with van der Waals surface area (Å²) in [6, 6.07) is 20.1. The zero-order valence-corrected chi connectivity index (χ0v) is 16.4. The minimum atomic E-state index is -3.22. The molecule has 0 fully saturated rings. The number of carbonyl (C=O) groups excluding carboxylic acids is 1. The Kier molecular flexibility index (Phi) is 6.11. The molecule has 0 aliphatic rings. The van der Waals surface area contributed by atoms with Crippen LogP contribution in [0.2, 0.25) is 0 Å². The summed E-state index contributed by atoms with van der Waals surface area (Å²) in [5, 5.41) is 15.3. The molecule has 0 spiro atoms. The van der Waals surface area contributed by atoms with Gasteiger partial charge in [-0.2, -0.15) is 0 Å². The van der Waals surface area contributed by atoms with Crippen molar-refractivity contribution in [3.63, 3.8) is 0 Å². The van der Waals surface area contributed by atoms with Gasteiger partial charge in [0.05, 0.1) is 11.0 Å². The van der Waals surface area contributed by atoms with E-state index >= 15 is 0 Å². The molecule has 3 aromatic carbocycles. The molecule has 1 amide bonds. The van der Waals surface area contributed by atoms with Crippen molar-refractivity contribution in [2.45, 2.75) is 23.8 Å². The Bertz CT molecular complexity index is 1070. The third-order valence-electron chi connectivity index (χ3n) is 4.67. The van der Waals surface area contributed by atoms with E-state index in [4.69, 9.17) is 0 Å². The Morgan fingerprint density at radius 2 is 1.68 bits per heavy atom. The highest BCUT2D eigenvalue weighted by Gasteiger charge is 2.13. The van der Waals surface area contributed by atoms with Gasteiger partial charge in [-0.25, -0.2) is 8.42 Å². The molecule has 5 nitrogen and oxygen atoms in total. The maximum absolute atomic E-state index is 12.1. The second kappa shape index (κ2) is 8.54. The van der Waals surface area contributed by atoms with E-state index in [9.17, 15) is 18.3 Å². The van der Waals surface area contributed by atoms with Crippen LogP contribution in [0.1, 0.15) is 23.7 Å². The number of hydrogen-bond donors (Lipinski definition) is 2. The summed E-state index contributed by atoms with van der Waals surface area (Å²) in [7, 11) is -3.22. The Balaban J connectivity index is 1.54. The highest BCUT2D eigenvalue weighted by molar-refractivity contribution is 7.90. The van der Waals surface area contributed by atoms with Crippen LogP contribution in [0.4, 0.5) is 0 Å². The molecule has 0 saturated heterocycles. The standard InChI is InChI=1S/C22H23NO4S/c1-28(26,27)18-12-9-16(10-13-18)11-14-22(25)23-15-21(24)20-8-4-6-17-5-2-3-7-19(17)20/h2-10,12-13,21,24H,11,14-15H2,1H3,(H,23,25)/t21-/m0/s1. The second-order valence-electron chi connectivity index (χ2n) is 6.80. The second-order valence-corrected chi connectivity index (χ2v) is 8.82. The van der Waals surface area contributed by atoms with Gasteiger partial charge in [-0.05, 0) is 40.5 Å². The van der Waals surface area contributed by atoms with Crippen LogP contribution in [0, 0.1) is 0 Å². The Morgan fingerprint density at radius 3 is 2.39 bits per heavy atom. The van der Waals surface area contributed by atoms with Gasteiger partial charge in [0.1, 0.15) is 0 Å². The number of rotatable bonds is 7. The molecule has 2 N–H and O–H groups in total. The van der Waals surface area contributed by atoms with Crippen LogP contribution in [0.5, 0.6) is 0 Å². The van der Waals surface area contributed by atoms with Crippen LogP contribution < -0.4 is 5.32 Å². The molecule has 0 saturated carbocycles. The van der Waals surface area contributed by atoms with E-state index in [0.29, 0.717) is 6.42 Å².